The second-order valence-electron chi connectivity index (χ2n) is 5.07. The van der Waals surface area contributed by atoms with Crippen LogP contribution in [0.4, 0.5) is 0 Å². The molecule has 1 rings (SSSR count). The molecular weight excluding hydrogens is 202 g/mol. The molecule has 16 heavy (non-hydrogen) atoms. The third-order valence-corrected chi connectivity index (χ3v) is 3.14. The van der Waals surface area contributed by atoms with E-state index in [0.717, 1.165) is 13.1 Å². The van der Waals surface area contributed by atoms with Gasteiger partial charge in [-0.05, 0) is 47.2 Å². The topological polar surface area (TPSA) is 44.4 Å². The second kappa shape index (κ2) is 6.21. The number of nitrogens with one attached hydrogen (secondary N) is 2. The molecule has 0 aliphatic carbocycles. The highest BCUT2D eigenvalue weighted by molar-refractivity contribution is 5.81. The van der Waals surface area contributed by atoms with Crippen molar-refractivity contribution < 1.29 is 4.79 Å². The van der Waals surface area contributed by atoms with Crippen LogP contribution in [0.5, 0.6) is 0 Å². The van der Waals surface area contributed by atoms with Gasteiger partial charge in [0, 0.05) is 18.6 Å². The van der Waals surface area contributed by atoms with Crippen LogP contribution in [0.2, 0.25) is 0 Å². The monoisotopic (exact) mass is 227 g/mol. The smallest absolute Gasteiger partial charge is 0.237 e. The number of carbonyl (C=O) groups excluding carboxylic acids is 1. The summed E-state index contributed by atoms with van der Waals surface area (Å²) in [6.45, 7) is 8.01. The van der Waals surface area contributed by atoms with Crippen molar-refractivity contribution in [2.24, 2.45) is 0 Å². The Morgan fingerprint density at radius 2 is 2.19 bits per heavy atom. The standard InChI is InChI=1S/C12H25N3O/c1-9(2)14-12(16)10(3)15(4)8-11-6-5-7-13-11/h9-11,13H,5-8H2,1-4H3,(H,14,16). The molecule has 0 aromatic carbocycles. The minimum absolute atomic E-state index is 0.0511. The predicted molar refractivity (Wildman–Crippen MR) is 66.4 cm³/mol. The molecule has 2 atom stereocenters. The highest BCUT2D eigenvalue weighted by Crippen LogP contribution is 2.08. The molecule has 0 aromatic heterocycles. The van der Waals surface area contributed by atoms with Crippen molar-refractivity contribution in [1.29, 1.82) is 0 Å². The van der Waals surface area contributed by atoms with Gasteiger partial charge in [-0.25, -0.2) is 0 Å². The van der Waals surface area contributed by atoms with Gasteiger partial charge in [-0.2, -0.15) is 0 Å². The van der Waals surface area contributed by atoms with Crippen molar-refractivity contribution >= 4 is 5.91 Å². The molecule has 0 saturated carbocycles. The lowest BCUT2D eigenvalue weighted by atomic mass is 10.2. The van der Waals surface area contributed by atoms with Crippen LogP contribution in [0.1, 0.15) is 33.6 Å². The van der Waals surface area contributed by atoms with Gasteiger partial charge in [-0.1, -0.05) is 0 Å². The van der Waals surface area contributed by atoms with Crippen molar-refractivity contribution in [2.45, 2.75) is 51.7 Å². The number of rotatable bonds is 5. The molecule has 4 nitrogen and oxygen atoms in total. The quantitative estimate of drug-likeness (QED) is 0.722. The van der Waals surface area contributed by atoms with Crippen LogP contribution < -0.4 is 10.6 Å². The first-order chi connectivity index (χ1) is 7.50. The predicted octanol–water partition coefficient (Wildman–Crippen LogP) is 0.583. The zero-order valence-electron chi connectivity index (χ0n) is 10.9. The molecule has 1 saturated heterocycles. The zero-order chi connectivity index (χ0) is 12.1. The molecule has 0 radical (unpaired) electrons. The Morgan fingerprint density at radius 1 is 1.50 bits per heavy atom. The van der Waals surface area contributed by atoms with Crippen LogP contribution in [0.3, 0.4) is 0 Å². The van der Waals surface area contributed by atoms with E-state index >= 15 is 0 Å². The fraction of sp³-hybridized carbons (Fsp3) is 0.917. The Kier molecular flexibility index (Phi) is 5.22. The lowest BCUT2D eigenvalue weighted by Crippen LogP contribution is -2.48. The first-order valence-electron chi connectivity index (χ1n) is 6.24. The van der Waals surface area contributed by atoms with Gasteiger partial charge in [-0.3, -0.25) is 9.69 Å². The fourth-order valence-electron chi connectivity index (χ4n) is 2.02. The van der Waals surface area contributed by atoms with Gasteiger partial charge in [0.1, 0.15) is 0 Å². The molecule has 94 valence electrons. The van der Waals surface area contributed by atoms with E-state index in [9.17, 15) is 4.79 Å². The first-order valence-corrected chi connectivity index (χ1v) is 6.24. The summed E-state index contributed by atoms with van der Waals surface area (Å²) in [5.41, 5.74) is 0. The van der Waals surface area contributed by atoms with Crippen LogP contribution in [-0.4, -0.2) is 49.1 Å². The van der Waals surface area contributed by atoms with Crippen molar-refractivity contribution in [3.63, 3.8) is 0 Å². The number of hydrogen-bond acceptors (Lipinski definition) is 3. The van der Waals surface area contributed by atoms with E-state index in [0.29, 0.717) is 6.04 Å². The van der Waals surface area contributed by atoms with E-state index in [1.165, 1.54) is 12.8 Å². The second-order valence-corrected chi connectivity index (χ2v) is 5.07. The average Bonchev–Trinajstić information content (AvgIpc) is 2.68. The highest BCUT2D eigenvalue weighted by atomic mass is 16.2. The highest BCUT2D eigenvalue weighted by Gasteiger charge is 2.22. The largest absolute Gasteiger partial charge is 0.353 e. The molecule has 2 N–H and O–H groups in total. The number of nitrogens with zero attached hydrogens (tertiary/aromatic N) is 1. The summed E-state index contributed by atoms with van der Waals surface area (Å²) in [4.78, 5) is 13.9. The normalized spacial score (nSPS) is 22.8. The summed E-state index contributed by atoms with van der Waals surface area (Å²) in [7, 11) is 2.02. The van der Waals surface area contributed by atoms with Gasteiger partial charge in [0.05, 0.1) is 6.04 Å². The van der Waals surface area contributed by atoms with Gasteiger partial charge in [0.25, 0.3) is 0 Å². The molecule has 4 heteroatoms. The third-order valence-electron chi connectivity index (χ3n) is 3.14. The van der Waals surface area contributed by atoms with Crippen LogP contribution in [0, 0.1) is 0 Å². The van der Waals surface area contributed by atoms with Gasteiger partial charge in [0.2, 0.25) is 5.91 Å². The van der Waals surface area contributed by atoms with Crippen molar-refractivity contribution in [3.8, 4) is 0 Å². The van der Waals surface area contributed by atoms with E-state index in [4.69, 9.17) is 0 Å². The molecular formula is C12H25N3O. The Morgan fingerprint density at radius 3 is 2.69 bits per heavy atom. The maximum Gasteiger partial charge on any atom is 0.237 e. The summed E-state index contributed by atoms with van der Waals surface area (Å²) < 4.78 is 0. The number of amides is 1. The Bertz CT molecular complexity index is 224. The average molecular weight is 227 g/mol. The van der Waals surface area contributed by atoms with Crippen LogP contribution in [0.25, 0.3) is 0 Å². The molecule has 0 bridgehead atoms. The Labute approximate surface area is 98.8 Å². The summed E-state index contributed by atoms with van der Waals surface area (Å²) in [6, 6.07) is 0.719. The van der Waals surface area contributed by atoms with E-state index in [2.05, 4.69) is 15.5 Å². The van der Waals surface area contributed by atoms with Gasteiger partial charge < -0.3 is 10.6 Å². The molecule has 1 aliphatic rings. The molecule has 1 aliphatic heterocycles. The Hall–Kier alpha value is -0.610. The molecule has 2 unspecified atom stereocenters. The molecule has 0 aromatic rings. The van der Waals surface area contributed by atoms with E-state index in [1.54, 1.807) is 0 Å². The van der Waals surface area contributed by atoms with Crippen LogP contribution >= 0.6 is 0 Å². The lowest BCUT2D eigenvalue weighted by molar-refractivity contribution is -0.126. The van der Waals surface area contributed by atoms with Gasteiger partial charge in [0.15, 0.2) is 0 Å². The molecule has 1 amide bonds. The van der Waals surface area contributed by atoms with E-state index < -0.39 is 0 Å². The van der Waals surface area contributed by atoms with Gasteiger partial charge >= 0.3 is 0 Å². The van der Waals surface area contributed by atoms with Crippen LogP contribution in [-0.2, 0) is 4.79 Å². The lowest BCUT2D eigenvalue weighted by Gasteiger charge is -2.27. The Balaban J connectivity index is 2.33. The zero-order valence-corrected chi connectivity index (χ0v) is 10.9. The summed E-state index contributed by atoms with van der Waals surface area (Å²) in [5, 5.41) is 6.40. The number of carbonyl (C=O) groups is 1. The SMILES string of the molecule is CC(C)NC(=O)C(C)N(C)CC1CCCN1. The summed E-state index contributed by atoms with van der Waals surface area (Å²) in [5.74, 6) is 0.121. The fourth-order valence-corrected chi connectivity index (χ4v) is 2.02. The van der Waals surface area contributed by atoms with E-state index in [-0.39, 0.29) is 18.0 Å². The summed E-state index contributed by atoms with van der Waals surface area (Å²) >= 11 is 0. The van der Waals surface area contributed by atoms with E-state index in [1.807, 2.05) is 27.8 Å². The van der Waals surface area contributed by atoms with Crippen molar-refractivity contribution in [1.82, 2.24) is 15.5 Å². The summed E-state index contributed by atoms with van der Waals surface area (Å²) in [6.07, 6.45) is 2.48. The molecule has 0 spiro atoms. The number of likely N-dealkylation sites (N-methyl/N-ethyl adjacent to an activating group) is 1. The molecule has 1 fully saturated rings. The van der Waals surface area contributed by atoms with Crippen molar-refractivity contribution in [3.05, 3.63) is 0 Å². The number of hydrogen-bond donors (Lipinski definition) is 2. The van der Waals surface area contributed by atoms with Gasteiger partial charge in [-0.15, -0.1) is 0 Å². The third kappa shape index (κ3) is 4.10. The first kappa shape index (κ1) is 13.5. The maximum atomic E-state index is 11.8. The van der Waals surface area contributed by atoms with Crippen LogP contribution in [0.15, 0.2) is 0 Å². The minimum atomic E-state index is -0.0511. The molecule has 1 heterocycles. The van der Waals surface area contributed by atoms with Crippen molar-refractivity contribution in [2.75, 3.05) is 20.1 Å². The minimum Gasteiger partial charge on any atom is -0.353 e. The maximum absolute atomic E-state index is 11.8.